The standard InChI is InChI=1S/C39H56N4O7/c1-26(28-10-8-12-32(44)21-28)30-20-31(24-40-23-30)33(22-35(46)49-38(2,3)4)41-36(47)29-11-9-17-43(25-29)34(45)14-13-27-15-18-42(19-16-27)37(48)50-39(5,6)7/h8,10,12,20-21,23-24,26-27,29,33,44H,9,11,13-19,22,25H2,1-7H3,(H,41,47)/t26?,29-,33+/m1/s1. The van der Waals surface area contributed by atoms with Gasteiger partial charge in [-0.15, -0.1) is 0 Å². The quantitative estimate of drug-likeness (QED) is 0.270. The molecule has 2 aromatic rings. The van der Waals surface area contributed by atoms with Crippen LogP contribution >= 0.6 is 0 Å². The molecule has 0 aliphatic carbocycles. The van der Waals surface area contributed by atoms with Crippen molar-refractivity contribution in [3.8, 4) is 5.75 Å². The van der Waals surface area contributed by atoms with Crippen molar-refractivity contribution in [2.45, 2.75) is 117 Å². The number of nitrogens with zero attached hydrogens (tertiary/aromatic N) is 3. The smallest absolute Gasteiger partial charge is 0.410 e. The van der Waals surface area contributed by atoms with Gasteiger partial charge in [-0.25, -0.2) is 4.79 Å². The number of carbonyl (C=O) groups is 4. The molecule has 2 fully saturated rings. The Morgan fingerprint density at radius 3 is 2.24 bits per heavy atom. The van der Waals surface area contributed by atoms with Crippen LogP contribution in [0.4, 0.5) is 4.79 Å². The lowest BCUT2D eigenvalue weighted by Crippen LogP contribution is -2.46. The summed E-state index contributed by atoms with van der Waals surface area (Å²) in [5.74, 6) is -0.580. The van der Waals surface area contributed by atoms with Crippen molar-refractivity contribution in [1.82, 2.24) is 20.1 Å². The third-order valence-corrected chi connectivity index (χ3v) is 9.34. The Morgan fingerprint density at radius 2 is 1.58 bits per heavy atom. The number of nitrogens with one attached hydrogen (secondary N) is 1. The van der Waals surface area contributed by atoms with Crippen LogP contribution in [0.2, 0.25) is 0 Å². The van der Waals surface area contributed by atoms with Crippen LogP contribution in [0, 0.1) is 11.8 Å². The molecule has 2 aliphatic rings. The van der Waals surface area contributed by atoms with Crippen molar-refractivity contribution in [2.24, 2.45) is 11.8 Å². The maximum atomic E-state index is 13.8. The van der Waals surface area contributed by atoms with Crippen molar-refractivity contribution >= 4 is 23.9 Å². The van der Waals surface area contributed by atoms with Crippen molar-refractivity contribution in [2.75, 3.05) is 26.2 Å². The summed E-state index contributed by atoms with van der Waals surface area (Å²) in [7, 11) is 0. The molecule has 3 amide bonds. The number of esters is 1. The summed E-state index contributed by atoms with van der Waals surface area (Å²) < 4.78 is 11.1. The summed E-state index contributed by atoms with van der Waals surface area (Å²) >= 11 is 0. The van der Waals surface area contributed by atoms with Gasteiger partial charge in [0, 0.05) is 50.9 Å². The van der Waals surface area contributed by atoms with Gasteiger partial charge in [0.1, 0.15) is 17.0 Å². The highest BCUT2D eigenvalue weighted by atomic mass is 16.6. The Labute approximate surface area is 297 Å². The van der Waals surface area contributed by atoms with Crippen molar-refractivity contribution in [3.05, 3.63) is 59.4 Å². The van der Waals surface area contributed by atoms with E-state index in [1.54, 1.807) is 61.2 Å². The summed E-state index contributed by atoms with van der Waals surface area (Å²) in [5.41, 5.74) is 1.25. The molecule has 3 heterocycles. The van der Waals surface area contributed by atoms with E-state index in [-0.39, 0.29) is 36.0 Å². The first-order valence-corrected chi connectivity index (χ1v) is 18.0. The van der Waals surface area contributed by atoms with Gasteiger partial charge in [-0.2, -0.15) is 0 Å². The van der Waals surface area contributed by atoms with Gasteiger partial charge in [0.2, 0.25) is 11.8 Å². The van der Waals surface area contributed by atoms with Crippen molar-refractivity contribution in [3.63, 3.8) is 0 Å². The number of aromatic hydroxyl groups is 1. The van der Waals surface area contributed by atoms with Gasteiger partial charge in [0.15, 0.2) is 0 Å². The second kappa shape index (κ2) is 16.7. The third-order valence-electron chi connectivity index (χ3n) is 9.34. The topological polar surface area (TPSA) is 138 Å². The highest BCUT2D eigenvalue weighted by molar-refractivity contribution is 5.82. The summed E-state index contributed by atoms with van der Waals surface area (Å²) in [5, 5.41) is 13.1. The monoisotopic (exact) mass is 692 g/mol. The Kier molecular flexibility index (Phi) is 12.9. The molecule has 2 saturated heterocycles. The van der Waals surface area contributed by atoms with Crippen LogP contribution in [-0.4, -0.2) is 81.1 Å². The second-order valence-corrected chi connectivity index (χ2v) is 15.8. The van der Waals surface area contributed by atoms with Gasteiger partial charge in [0.05, 0.1) is 18.4 Å². The highest BCUT2D eigenvalue weighted by Gasteiger charge is 2.32. The Bertz CT molecular complexity index is 1490. The summed E-state index contributed by atoms with van der Waals surface area (Å²) in [4.78, 5) is 60.5. The minimum absolute atomic E-state index is 0.0419. The summed E-state index contributed by atoms with van der Waals surface area (Å²) in [6, 6.07) is 8.31. The Balaban J connectivity index is 1.37. The molecule has 0 spiro atoms. The molecular weight excluding hydrogens is 636 g/mol. The number of phenols is 1. The zero-order valence-corrected chi connectivity index (χ0v) is 30.9. The fourth-order valence-electron chi connectivity index (χ4n) is 6.62. The van der Waals surface area contributed by atoms with Gasteiger partial charge >= 0.3 is 12.1 Å². The number of rotatable bonds is 10. The first kappa shape index (κ1) is 38.6. The minimum atomic E-state index is -0.686. The first-order chi connectivity index (χ1) is 23.5. The van der Waals surface area contributed by atoms with Crippen LogP contribution in [0.5, 0.6) is 5.75 Å². The fraction of sp³-hybridized carbons (Fsp3) is 0.615. The predicted octanol–water partition coefficient (Wildman–Crippen LogP) is 6.49. The zero-order chi connectivity index (χ0) is 36.6. The molecule has 2 aliphatic heterocycles. The molecule has 11 nitrogen and oxygen atoms in total. The van der Waals surface area contributed by atoms with Gasteiger partial charge in [-0.3, -0.25) is 19.4 Å². The van der Waals surface area contributed by atoms with Gasteiger partial charge in [0.25, 0.3) is 0 Å². The number of piperidine rings is 2. The van der Waals surface area contributed by atoms with E-state index in [4.69, 9.17) is 9.47 Å². The maximum Gasteiger partial charge on any atom is 0.410 e. The molecule has 3 atom stereocenters. The summed E-state index contributed by atoms with van der Waals surface area (Å²) in [6.07, 6.45) is 7.22. The van der Waals surface area contributed by atoms with E-state index < -0.39 is 29.1 Å². The number of hydrogen-bond acceptors (Lipinski definition) is 8. The molecule has 1 aromatic heterocycles. The van der Waals surface area contributed by atoms with Crippen LogP contribution < -0.4 is 5.32 Å². The predicted molar refractivity (Wildman–Crippen MR) is 190 cm³/mol. The minimum Gasteiger partial charge on any atom is -0.508 e. The molecular formula is C39H56N4O7. The number of phenolic OH excluding ortho intramolecular Hbond substituents is 1. The molecule has 1 aromatic carbocycles. The van der Waals surface area contributed by atoms with E-state index >= 15 is 0 Å². The number of carbonyl (C=O) groups excluding carboxylic acids is 4. The molecule has 0 bridgehead atoms. The van der Waals surface area contributed by atoms with E-state index in [1.165, 1.54) is 0 Å². The van der Waals surface area contributed by atoms with Crippen molar-refractivity contribution in [1.29, 1.82) is 0 Å². The highest BCUT2D eigenvalue weighted by Crippen LogP contribution is 2.30. The fourth-order valence-corrected chi connectivity index (χ4v) is 6.62. The van der Waals surface area contributed by atoms with Gasteiger partial charge in [-0.1, -0.05) is 25.1 Å². The number of ether oxygens (including phenoxy) is 2. The lowest BCUT2D eigenvalue weighted by Gasteiger charge is -2.35. The average Bonchev–Trinajstić information content (AvgIpc) is 3.05. The summed E-state index contributed by atoms with van der Waals surface area (Å²) in [6.45, 7) is 15.2. The number of hydrogen-bond donors (Lipinski definition) is 2. The van der Waals surface area contributed by atoms with Crippen molar-refractivity contribution < 1.29 is 33.8 Å². The number of pyridine rings is 1. The zero-order valence-electron chi connectivity index (χ0n) is 30.9. The van der Waals surface area contributed by atoms with Crippen LogP contribution in [-0.2, 0) is 23.9 Å². The van der Waals surface area contributed by atoms with E-state index in [0.29, 0.717) is 56.9 Å². The van der Waals surface area contributed by atoms with Gasteiger partial charge < -0.3 is 29.7 Å². The molecule has 0 radical (unpaired) electrons. The molecule has 1 unspecified atom stereocenters. The van der Waals surface area contributed by atoms with Crippen LogP contribution in [0.15, 0.2) is 42.7 Å². The maximum absolute atomic E-state index is 13.8. The number of likely N-dealkylation sites (tertiary alicyclic amines) is 2. The molecule has 4 rings (SSSR count). The first-order valence-electron chi connectivity index (χ1n) is 18.0. The van der Waals surface area contributed by atoms with E-state index in [1.807, 2.05) is 39.8 Å². The van der Waals surface area contributed by atoms with Gasteiger partial charge in [-0.05, 0) is 108 Å². The molecule has 2 N–H and O–H groups in total. The van der Waals surface area contributed by atoms with E-state index in [2.05, 4.69) is 10.3 Å². The number of aromatic nitrogens is 1. The molecule has 50 heavy (non-hydrogen) atoms. The number of benzene rings is 1. The normalized spacial score (nSPS) is 18.6. The Morgan fingerprint density at radius 1 is 0.900 bits per heavy atom. The molecule has 11 heteroatoms. The second-order valence-electron chi connectivity index (χ2n) is 15.8. The van der Waals surface area contributed by atoms with Crippen LogP contribution in [0.25, 0.3) is 0 Å². The van der Waals surface area contributed by atoms with Crippen LogP contribution in [0.1, 0.15) is 122 Å². The SMILES string of the molecule is CC(c1cccc(O)c1)c1cncc([C@H](CC(=O)OC(C)(C)C)NC(=O)[C@@H]2CCCN(C(=O)CCC3CCN(C(=O)OC(C)(C)C)CC3)C2)c1. The van der Waals surface area contributed by atoms with Crippen LogP contribution in [0.3, 0.4) is 0 Å². The largest absolute Gasteiger partial charge is 0.508 e. The lowest BCUT2D eigenvalue weighted by atomic mass is 9.91. The molecule has 0 saturated carbocycles. The van der Waals surface area contributed by atoms with E-state index in [9.17, 15) is 24.3 Å². The Hall–Kier alpha value is -4.15. The number of amides is 3. The third kappa shape index (κ3) is 11.7. The molecule has 274 valence electrons. The lowest BCUT2D eigenvalue weighted by molar-refractivity contribution is -0.155. The van der Waals surface area contributed by atoms with E-state index in [0.717, 1.165) is 30.4 Å². The average molecular weight is 693 g/mol.